The highest BCUT2D eigenvalue weighted by molar-refractivity contribution is 5.99. The number of carbonyl (C=O) groups is 2. The van der Waals surface area contributed by atoms with Gasteiger partial charge < -0.3 is 10.0 Å². The maximum absolute atomic E-state index is 12.5. The summed E-state index contributed by atoms with van der Waals surface area (Å²) < 4.78 is 0. The second-order valence-electron chi connectivity index (χ2n) is 4.99. The average Bonchev–Trinajstić information content (AvgIpc) is 2.80. The predicted octanol–water partition coefficient (Wildman–Crippen LogP) is 1.59. The van der Waals surface area contributed by atoms with E-state index in [-0.39, 0.29) is 18.5 Å². The third-order valence-electron chi connectivity index (χ3n) is 3.54. The number of carbonyl (C=O) groups excluding carboxylic acids is 1. The molecule has 0 radical (unpaired) electrons. The molecule has 1 aliphatic heterocycles. The topological polar surface area (TPSA) is 60.9 Å². The first-order valence-corrected chi connectivity index (χ1v) is 6.95. The summed E-state index contributed by atoms with van der Waals surface area (Å²) in [6.45, 7) is 3.19. The number of carboxylic acid groups (broad SMARTS) is 1. The maximum Gasteiger partial charge on any atom is 0.317 e. The summed E-state index contributed by atoms with van der Waals surface area (Å²) in [5.74, 6) is -0.879. The summed E-state index contributed by atoms with van der Waals surface area (Å²) in [6, 6.07) is 9.21. The van der Waals surface area contributed by atoms with Crippen LogP contribution in [0, 0.1) is 0 Å². The van der Waals surface area contributed by atoms with Crippen molar-refractivity contribution in [2.75, 3.05) is 24.5 Å². The molecule has 1 fully saturated rings. The summed E-state index contributed by atoms with van der Waals surface area (Å²) in [4.78, 5) is 26.9. The van der Waals surface area contributed by atoms with Crippen molar-refractivity contribution in [2.45, 2.75) is 25.8 Å². The molecule has 1 atom stereocenters. The number of aliphatic carboxylic acids is 1. The smallest absolute Gasteiger partial charge is 0.317 e. The van der Waals surface area contributed by atoms with Crippen LogP contribution in [0.5, 0.6) is 0 Å². The largest absolute Gasteiger partial charge is 0.480 e. The summed E-state index contributed by atoms with van der Waals surface area (Å²) in [7, 11) is 0. The predicted molar refractivity (Wildman–Crippen MR) is 76.7 cm³/mol. The standard InChI is InChI=1S/C15H20N2O3/c1-2-9-16(11-14(18)19)13-8-10-17(15(13)20)12-6-4-3-5-7-12/h3-7,13H,2,8-11H2,1H3,(H,18,19). The van der Waals surface area contributed by atoms with Crippen LogP contribution in [0.1, 0.15) is 19.8 Å². The van der Waals surface area contributed by atoms with E-state index in [4.69, 9.17) is 5.11 Å². The van der Waals surface area contributed by atoms with Crippen LogP contribution in [-0.2, 0) is 9.59 Å². The van der Waals surface area contributed by atoms with E-state index in [1.165, 1.54) is 0 Å². The molecule has 1 unspecified atom stereocenters. The third-order valence-corrected chi connectivity index (χ3v) is 3.54. The van der Waals surface area contributed by atoms with Crippen LogP contribution in [0.3, 0.4) is 0 Å². The Labute approximate surface area is 118 Å². The minimum absolute atomic E-state index is 0.00546. The number of carboxylic acids is 1. The Kier molecular flexibility index (Phi) is 4.74. The van der Waals surface area contributed by atoms with Gasteiger partial charge in [0.1, 0.15) is 0 Å². The molecule has 108 valence electrons. The number of para-hydroxylation sites is 1. The van der Waals surface area contributed by atoms with Crippen molar-refractivity contribution in [1.29, 1.82) is 0 Å². The van der Waals surface area contributed by atoms with Crippen molar-refractivity contribution in [3.8, 4) is 0 Å². The first-order chi connectivity index (χ1) is 9.63. The van der Waals surface area contributed by atoms with Gasteiger partial charge in [-0.2, -0.15) is 0 Å². The Morgan fingerprint density at radius 1 is 1.40 bits per heavy atom. The Morgan fingerprint density at radius 3 is 2.70 bits per heavy atom. The molecule has 20 heavy (non-hydrogen) atoms. The van der Waals surface area contributed by atoms with Gasteiger partial charge in [0, 0.05) is 12.2 Å². The quantitative estimate of drug-likeness (QED) is 0.857. The zero-order valence-electron chi connectivity index (χ0n) is 11.7. The highest BCUT2D eigenvalue weighted by atomic mass is 16.4. The lowest BCUT2D eigenvalue weighted by atomic mass is 10.2. The summed E-state index contributed by atoms with van der Waals surface area (Å²) in [5.41, 5.74) is 0.881. The van der Waals surface area contributed by atoms with Crippen molar-refractivity contribution in [2.24, 2.45) is 0 Å². The Bertz CT molecular complexity index is 475. The first-order valence-electron chi connectivity index (χ1n) is 6.95. The molecular weight excluding hydrogens is 256 g/mol. The lowest BCUT2D eigenvalue weighted by Crippen LogP contribution is -2.44. The SMILES string of the molecule is CCCN(CC(=O)O)C1CCN(c2ccccc2)C1=O. The fourth-order valence-corrected chi connectivity index (χ4v) is 2.67. The lowest BCUT2D eigenvalue weighted by molar-refractivity contribution is -0.139. The number of amides is 1. The van der Waals surface area contributed by atoms with Crippen LogP contribution < -0.4 is 4.90 Å². The molecule has 0 bridgehead atoms. The fraction of sp³-hybridized carbons (Fsp3) is 0.467. The number of anilines is 1. The van der Waals surface area contributed by atoms with E-state index < -0.39 is 5.97 Å². The van der Waals surface area contributed by atoms with Gasteiger partial charge in [-0.3, -0.25) is 14.5 Å². The summed E-state index contributed by atoms with van der Waals surface area (Å²) >= 11 is 0. The van der Waals surface area contributed by atoms with Crippen LogP contribution in [0.25, 0.3) is 0 Å². The fourth-order valence-electron chi connectivity index (χ4n) is 2.67. The van der Waals surface area contributed by atoms with Gasteiger partial charge in [-0.1, -0.05) is 25.1 Å². The van der Waals surface area contributed by atoms with Gasteiger partial charge in [-0.15, -0.1) is 0 Å². The van der Waals surface area contributed by atoms with Crippen molar-refractivity contribution < 1.29 is 14.7 Å². The number of nitrogens with zero attached hydrogens (tertiary/aromatic N) is 2. The summed E-state index contributed by atoms with van der Waals surface area (Å²) in [5, 5.41) is 8.97. The molecule has 1 amide bonds. The number of hydrogen-bond donors (Lipinski definition) is 1. The van der Waals surface area contributed by atoms with Crippen molar-refractivity contribution in [3.63, 3.8) is 0 Å². The molecule has 1 saturated heterocycles. The van der Waals surface area contributed by atoms with E-state index in [0.717, 1.165) is 12.1 Å². The van der Waals surface area contributed by atoms with Gasteiger partial charge in [0.2, 0.25) is 5.91 Å². The molecule has 1 aromatic carbocycles. The summed E-state index contributed by atoms with van der Waals surface area (Å²) in [6.07, 6.45) is 1.52. The highest BCUT2D eigenvalue weighted by Crippen LogP contribution is 2.24. The van der Waals surface area contributed by atoms with Gasteiger partial charge in [-0.25, -0.2) is 0 Å². The van der Waals surface area contributed by atoms with E-state index in [1.54, 1.807) is 9.80 Å². The monoisotopic (exact) mass is 276 g/mol. The Balaban J connectivity index is 2.11. The normalized spacial score (nSPS) is 18.8. The number of hydrogen-bond acceptors (Lipinski definition) is 3. The van der Waals surface area contributed by atoms with Gasteiger partial charge in [-0.05, 0) is 31.5 Å². The molecule has 2 rings (SSSR count). The first kappa shape index (κ1) is 14.5. The van der Waals surface area contributed by atoms with E-state index >= 15 is 0 Å². The average molecular weight is 276 g/mol. The van der Waals surface area contributed by atoms with Crippen LogP contribution in [-0.4, -0.2) is 47.6 Å². The second-order valence-corrected chi connectivity index (χ2v) is 4.99. The number of rotatable bonds is 6. The third kappa shape index (κ3) is 3.17. The molecule has 1 N–H and O–H groups in total. The second kappa shape index (κ2) is 6.52. The van der Waals surface area contributed by atoms with E-state index in [2.05, 4.69) is 0 Å². The van der Waals surface area contributed by atoms with Crippen LogP contribution >= 0.6 is 0 Å². The molecule has 5 heteroatoms. The molecule has 5 nitrogen and oxygen atoms in total. The van der Waals surface area contributed by atoms with Crippen LogP contribution in [0.4, 0.5) is 5.69 Å². The lowest BCUT2D eigenvalue weighted by Gasteiger charge is -2.25. The van der Waals surface area contributed by atoms with E-state index in [1.807, 2.05) is 37.3 Å². The van der Waals surface area contributed by atoms with E-state index in [9.17, 15) is 9.59 Å². The highest BCUT2D eigenvalue weighted by Gasteiger charge is 2.36. The minimum Gasteiger partial charge on any atom is -0.480 e. The van der Waals surface area contributed by atoms with Crippen LogP contribution in [0.15, 0.2) is 30.3 Å². The van der Waals surface area contributed by atoms with Gasteiger partial charge in [0.25, 0.3) is 0 Å². The zero-order chi connectivity index (χ0) is 14.5. The zero-order valence-corrected chi connectivity index (χ0v) is 11.7. The van der Waals surface area contributed by atoms with Gasteiger partial charge >= 0.3 is 5.97 Å². The van der Waals surface area contributed by atoms with E-state index in [0.29, 0.717) is 19.5 Å². The molecule has 1 aliphatic rings. The molecular formula is C15H20N2O3. The van der Waals surface area contributed by atoms with Gasteiger partial charge in [0.15, 0.2) is 0 Å². The molecule has 0 spiro atoms. The number of benzene rings is 1. The Morgan fingerprint density at radius 2 is 2.10 bits per heavy atom. The van der Waals surface area contributed by atoms with Crippen molar-refractivity contribution in [3.05, 3.63) is 30.3 Å². The Hall–Kier alpha value is -1.88. The molecule has 0 aliphatic carbocycles. The van der Waals surface area contributed by atoms with Gasteiger partial charge in [0.05, 0.1) is 12.6 Å². The molecule has 1 heterocycles. The van der Waals surface area contributed by atoms with Crippen molar-refractivity contribution >= 4 is 17.6 Å². The molecule has 0 saturated carbocycles. The van der Waals surface area contributed by atoms with Crippen LogP contribution in [0.2, 0.25) is 0 Å². The minimum atomic E-state index is -0.885. The molecule has 0 aromatic heterocycles. The maximum atomic E-state index is 12.5. The molecule has 1 aromatic rings. The van der Waals surface area contributed by atoms with Crippen molar-refractivity contribution in [1.82, 2.24) is 4.90 Å².